The monoisotopic (exact) mass is 215 g/mol. The second-order valence-electron chi connectivity index (χ2n) is 3.05. The van der Waals surface area contributed by atoms with E-state index in [9.17, 15) is 4.79 Å². The Kier molecular flexibility index (Phi) is 1.72. The molecule has 0 amide bonds. The smallest absolute Gasteiger partial charge is 0.267 e. The number of hydrogen-bond acceptors (Lipinski definition) is 5. The molecule has 0 aliphatic carbocycles. The maximum Gasteiger partial charge on any atom is 0.280 e. The van der Waals surface area contributed by atoms with Crippen LogP contribution in [0.5, 0.6) is 0 Å². The van der Waals surface area contributed by atoms with Crippen LogP contribution in [0.3, 0.4) is 0 Å². The molecule has 0 radical (unpaired) electrons. The normalized spacial score (nSPS) is 10.9. The largest absolute Gasteiger partial charge is 0.280 e. The zero-order valence-corrected chi connectivity index (χ0v) is 8.36. The van der Waals surface area contributed by atoms with Crippen molar-refractivity contribution < 1.29 is 0 Å². The standard InChI is InChI=1S/C10H5N3OS/c14-10-6-4-15-5-8(6)12-9-7(13-10)2-1-3-11-9/h1-5H. The third-order valence-corrected chi connectivity index (χ3v) is 2.82. The number of fused-ring (bicyclic) bond motifs is 2. The summed E-state index contributed by atoms with van der Waals surface area (Å²) in [5.74, 6) is 0. The molecule has 0 saturated carbocycles. The lowest BCUT2D eigenvalue weighted by Gasteiger charge is -1.85. The zero-order chi connectivity index (χ0) is 10.3. The van der Waals surface area contributed by atoms with Crippen molar-refractivity contribution in [1.82, 2.24) is 15.0 Å². The molecular weight excluding hydrogens is 210 g/mol. The third-order valence-electron chi connectivity index (χ3n) is 2.09. The van der Waals surface area contributed by atoms with Gasteiger partial charge in [0.05, 0.1) is 10.9 Å². The van der Waals surface area contributed by atoms with Gasteiger partial charge in [-0.05, 0) is 12.1 Å². The Morgan fingerprint density at radius 1 is 1.13 bits per heavy atom. The van der Waals surface area contributed by atoms with Crippen molar-refractivity contribution in [3.8, 4) is 0 Å². The molecule has 0 spiro atoms. The quantitative estimate of drug-likeness (QED) is 0.571. The van der Waals surface area contributed by atoms with E-state index in [0.717, 1.165) is 0 Å². The molecular formula is C10H5N3OS. The van der Waals surface area contributed by atoms with Crippen LogP contribution in [-0.2, 0) is 0 Å². The molecule has 0 unspecified atom stereocenters. The molecule has 0 aliphatic rings. The molecule has 15 heavy (non-hydrogen) atoms. The summed E-state index contributed by atoms with van der Waals surface area (Å²) in [5.41, 5.74) is 1.44. The van der Waals surface area contributed by atoms with Crippen LogP contribution in [0.1, 0.15) is 0 Å². The molecule has 3 heterocycles. The van der Waals surface area contributed by atoms with Crippen LogP contribution in [0.2, 0.25) is 0 Å². The summed E-state index contributed by atoms with van der Waals surface area (Å²) in [4.78, 5) is 24.0. The van der Waals surface area contributed by atoms with Crippen molar-refractivity contribution in [3.05, 3.63) is 39.4 Å². The molecule has 0 saturated heterocycles. The van der Waals surface area contributed by atoms with Crippen LogP contribution in [0.15, 0.2) is 33.9 Å². The summed E-state index contributed by atoms with van der Waals surface area (Å²) in [7, 11) is 0. The first-order chi connectivity index (χ1) is 7.34. The molecule has 5 heteroatoms. The summed E-state index contributed by atoms with van der Waals surface area (Å²) in [6.07, 6.45) is 1.64. The van der Waals surface area contributed by atoms with Gasteiger partial charge in [0.2, 0.25) is 0 Å². The summed E-state index contributed by atoms with van der Waals surface area (Å²) in [5, 5.41) is 4.14. The fraction of sp³-hybridized carbons (Fsp3) is 0. The van der Waals surface area contributed by atoms with Gasteiger partial charge in [0.15, 0.2) is 5.65 Å². The first-order valence-corrected chi connectivity index (χ1v) is 5.28. The molecule has 0 aromatic carbocycles. The molecule has 0 N–H and O–H groups in total. The first-order valence-electron chi connectivity index (χ1n) is 4.33. The average molecular weight is 215 g/mol. The Morgan fingerprint density at radius 3 is 3.00 bits per heavy atom. The highest BCUT2D eigenvalue weighted by Crippen LogP contribution is 2.13. The molecule has 72 valence electrons. The molecule has 4 nitrogen and oxygen atoms in total. The molecule has 0 bridgehead atoms. The second kappa shape index (κ2) is 3.06. The van der Waals surface area contributed by atoms with E-state index >= 15 is 0 Å². The van der Waals surface area contributed by atoms with E-state index in [-0.39, 0.29) is 5.56 Å². The fourth-order valence-electron chi connectivity index (χ4n) is 1.38. The Morgan fingerprint density at radius 2 is 2.07 bits per heavy atom. The number of hydrogen-bond donors (Lipinski definition) is 0. The van der Waals surface area contributed by atoms with Gasteiger partial charge >= 0.3 is 0 Å². The van der Waals surface area contributed by atoms with E-state index in [2.05, 4.69) is 15.0 Å². The number of aromatic nitrogens is 3. The predicted molar refractivity (Wildman–Crippen MR) is 59.0 cm³/mol. The van der Waals surface area contributed by atoms with Gasteiger partial charge in [-0.3, -0.25) is 4.79 Å². The zero-order valence-electron chi connectivity index (χ0n) is 7.54. The topological polar surface area (TPSA) is 55.7 Å². The van der Waals surface area contributed by atoms with E-state index in [1.807, 2.05) is 5.38 Å². The molecule has 0 fully saturated rings. The van der Waals surface area contributed by atoms with Gasteiger partial charge in [-0.1, -0.05) is 0 Å². The molecule has 3 aromatic rings. The lowest BCUT2D eigenvalue weighted by Crippen LogP contribution is -2.00. The van der Waals surface area contributed by atoms with Crippen LogP contribution in [0.4, 0.5) is 0 Å². The third kappa shape index (κ3) is 1.28. The van der Waals surface area contributed by atoms with Crippen LogP contribution in [0, 0.1) is 0 Å². The van der Waals surface area contributed by atoms with Gasteiger partial charge in [-0.2, -0.15) is 0 Å². The van der Waals surface area contributed by atoms with Gasteiger partial charge in [-0.25, -0.2) is 15.0 Å². The predicted octanol–water partition coefficient (Wildman–Crippen LogP) is 1.60. The van der Waals surface area contributed by atoms with Crippen molar-refractivity contribution in [2.24, 2.45) is 0 Å². The van der Waals surface area contributed by atoms with E-state index in [0.29, 0.717) is 22.1 Å². The minimum atomic E-state index is -0.248. The Balaban J connectivity index is 2.67. The summed E-state index contributed by atoms with van der Waals surface area (Å²) < 4.78 is 0. The highest BCUT2D eigenvalue weighted by Gasteiger charge is 2.02. The molecule has 0 atom stereocenters. The van der Waals surface area contributed by atoms with Crippen LogP contribution in [0.25, 0.3) is 22.1 Å². The van der Waals surface area contributed by atoms with Crippen LogP contribution in [-0.4, -0.2) is 15.0 Å². The lowest BCUT2D eigenvalue weighted by atomic mass is 10.4. The summed E-state index contributed by atoms with van der Waals surface area (Å²) in [6, 6.07) is 3.47. The molecule has 3 aromatic heterocycles. The van der Waals surface area contributed by atoms with E-state index in [1.54, 1.807) is 23.7 Å². The van der Waals surface area contributed by atoms with E-state index < -0.39 is 0 Å². The highest BCUT2D eigenvalue weighted by atomic mass is 32.1. The maximum atomic E-state index is 11.7. The fourth-order valence-corrected chi connectivity index (χ4v) is 2.12. The number of nitrogens with zero attached hydrogens (tertiary/aromatic N) is 3. The van der Waals surface area contributed by atoms with Gasteiger partial charge in [-0.15, -0.1) is 11.3 Å². The minimum Gasteiger partial charge on any atom is -0.267 e. The first kappa shape index (κ1) is 8.43. The van der Waals surface area contributed by atoms with E-state index in [4.69, 9.17) is 0 Å². The number of thiophene rings is 1. The van der Waals surface area contributed by atoms with E-state index in [1.165, 1.54) is 11.3 Å². The van der Waals surface area contributed by atoms with Gasteiger partial charge in [0.25, 0.3) is 5.56 Å². The van der Waals surface area contributed by atoms with Crippen molar-refractivity contribution in [2.45, 2.75) is 0 Å². The average Bonchev–Trinajstić information content (AvgIpc) is 2.64. The molecule has 3 rings (SSSR count). The summed E-state index contributed by atoms with van der Waals surface area (Å²) >= 11 is 1.44. The highest BCUT2D eigenvalue weighted by molar-refractivity contribution is 7.09. The summed E-state index contributed by atoms with van der Waals surface area (Å²) in [6.45, 7) is 0. The Labute approximate surface area is 88.3 Å². The Bertz CT molecular complexity index is 707. The van der Waals surface area contributed by atoms with Gasteiger partial charge in [0.1, 0.15) is 5.52 Å². The number of pyridine rings is 1. The van der Waals surface area contributed by atoms with Crippen LogP contribution >= 0.6 is 11.3 Å². The van der Waals surface area contributed by atoms with Crippen LogP contribution < -0.4 is 5.56 Å². The SMILES string of the molecule is O=c1nc2cccnc2nc2cscc12. The maximum absolute atomic E-state index is 11.7. The molecule has 0 aliphatic heterocycles. The lowest BCUT2D eigenvalue weighted by molar-refractivity contribution is 1.29. The van der Waals surface area contributed by atoms with Crippen molar-refractivity contribution in [1.29, 1.82) is 0 Å². The van der Waals surface area contributed by atoms with Gasteiger partial charge < -0.3 is 0 Å². The number of rotatable bonds is 0. The Hall–Kier alpha value is -1.88. The van der Waals surface area contributed by atoms with Gasteiger partial charge in [0, 0.05) is 17.0 Å². The van der Waals surface area contributed by atoms with Crippen molar-refractivity contribution >= 4 is 33.4 Å². The second-order valence-corrected chi connectivity index (χ2v) is 3.79. The minimum absolute atomic E-state index is 0.248. The van der Waals surface area contributed by atoms with Crippen molar-refractivity contribution in [3.63, 3.8) is 0 Å². The van der Waals surface area contributed by atoms with Crippen molar-refractivity contribution in [2.75, 3.05) is 0 Å².